The molecule has 0 spiro atoms. The fourth-order valence-electron chi connectivity index (χ4n) is 1.52. The number of nitrogens with zero attached hydrogens (tertiary/aromatic N) is 2. The summed E-state index contributed by atoms with van der Waals surface area (Å²) in [7, 11) is 0. The zero-order valence-corrected chi connectivity index (χ0v) is 11.6. The van der Waals surface area contributed by atoms with E-state index < -0.39 is 11.7 Å². The van der Waals surface area contributed by atoms with Crippen LogP contribution in [0.15, 0.2) is 41.1 Å². The van der Waals surface area contributed by atoms with Crippen molar-refractivity contribution >= 4 is 27.5 Å². The maximum absolute atomic E-state index is 12.4. The van der Waals surface area contributed by atoms with Crippen LogP contribution in [-0.4, -0.2) is 15.7 Å². The molecule has 0 unspecified atom stereocenters. The maximum Gasteiger partial charge on any atom is 0.416 e. The summed E-state index contributed by atoms with van der Waals surface area (Å²) in [6, 6.07) is 4.25. The van der Waals surface area contributed by atoms with Gasteiger partial charge in [-0.05, 0) is 40.2 Å². The summed E-state index contributed by atoms with van der Waals surface area (Å²) < 4.78 is 39.2. The minimum atomic E-state index is -4.39. The molecule has 1 N–H and O–H groups in total. The number of amides is 1. The Morgan fingerprint density at radius 3 is 2.45 bits per heavy atom. The van der Waals surface area contributed by atoms with Crippen LogP contribution in [0.1, 0.15) is 5.56 Å². The SMILES string of the molecule is O=C(Cn1cc(Br)cn1)Nc1ccc(C(F)(F)F)cc1. The third-order valence-electron chi connectivity index (χ3n) is 2.40. The molecule has 1 heterocycles. The molecule has 1 aromatic carbocycles. The number of hydrogen-bond donors (Lipinski definition) is 1. The van der Waals surface area contributed by atoms with Gasteiger partial charge in [0.25, 0.3) is 0 Å². The fraction of sp³-hybridized carbons (Fsp3) is 0.167. The Morgan fingerprint density at radius 2 is 1.95 bits per heavy atom. The van der Waals surface area contributed by atoms with Crippen molar-refractivity contribution in [2.75, 3.05) is 5.32 Å². The average molecular weight is 348 g/mol. The van der Waals surface area contributed by atoms with Crippen LogP contribution in [0.2, 0.25) is 0 Å². The molecule has 8 heteroatoms. The third kappa shape index (κ3) is 3.83. The summed E-state index contributed by atoms with van der Waals surface area (Å²) in [5.41, 5.74) is -0.458. The van der Waals surface area contributed by atoms with Crippen LogP contribution in [-0.2, 0) is 17.5 Å². The molecule has 4 nitrogen and oxygen atoms in total. The van der Waals surface area contributed by atoms with Crippen molar-refractivity contribution in [1.82, 2.24) is 9.78 Å². The van der Waals surface area contributed by atoms with Crippen LogP contribution in [0.4, 0.5) is 18.9 Å². The highest BCUT2D eigenvalue weighted by molar-refractivity contribution is 9.10. The van der Waals surface area contributed by atoms with Gasteiger partial charge in [0.05, 0.1) is 16.2 Å². The van der Waals surface area contributed by atoms with E-state index in [1.54, 1.807) is 6.20 Å². The molecular formula is C12H9BrF3N3O. The monoisotopic (exact) mass is 347 g/mol. The number of aromatic nitrogens is 2. The molecule has 0 bridgehead atoms. The first-order chi connectivity index (χ1) is 9.34. The highest BCUT2D eigenvalue weighted by atomic mass is 79.9. The van der Waals surface area contributed by atoms with Gasteiger partial charge in [0, 0.05) is 11.9 Å². The van der Waals surface area contributed by atoms with Crippen molar-refractivity contribution in [3.8, 4) is 0 Å². The van der Waals surface area contributed by atoms with Gasteiger partial charge in [-0.15, -0.1) is 0 Å². The normalized spacial score (nSPS) is 11.4. The number of carbonyl (C=O) groups excluding carboxylic acids is 1. The van der Waals surface area contributed by atoms with Gasteiger partial charge in [0.1, 0.15) is 6.54 Å². The lowest BCUT2D eigenvalue weighted by atomic mass is 10.2. The van der Waals surface area contributed by atoms with Gasteiger partial charge < -0.3 is 5.32 Å². The van der Waals surface area contributed by atoms with E-state index in [-0.39, 0.29) is 12.5 Å². The summed E-state index contributed by atoms with van der Waals surface area (Å²) in [6.45, 7) is -0.0212. The highest BCUT2D eigenvalue weighted by Crippen LogP contribution is 2.29. The molecule has 0 saturated heterocycles. The maximum atomic E-state index is 12.4. The van der Waals surface area contributed by atoms with Gasteiger partial charge in [-0.2, -0.15) is 18.3 Å². The molecule has 1 amide bonds. The van der Waals surface area contributed by atoms with E-state index in [2.05, 4.69) is 26.3 Å². The molecule has 2 aromatic rings. The van der Waals surface area contributed by atoms with Crippen molar-refractivity contribution in [3.05, 3.63) is 46.7 Å². The second kappa shape index (κ2) is 5.66. The number of rotatable bonds is 3. The third-order valence-corrected chi connectivity index (χ3v) is 2.81. The fourth-order valence-corrected chi connectivity index (χ4v) is 1.84. The number of halogens is 4. The molecule has 106 valence electrons. The first-order valence-electron chi connectivity index (χ1n) is 5.49. The Morgan fingerprint density at radius 1 is 1.30 bits per heavy atom. The van der Waals surface area contributed by atoms with Crippen LogP contribution in [0.3, 0.4) is 0 Å². The summed E-state index contributed by atoms with van der Waals surface area (Å²) in [5, 5.41) is 6.40. The number of alkyl halides is 3. The predicted octanol–water partition coefficient (Wildman–Crippen LogP) is 3.30. The standard InChI is InChI=1S/C12H9BrF3N3O/c13-9-5-17-19(6-9)7-11(20)18-10-3-1-8(2-4-10)12(14,15)16/h1-6H,7H2,(H,18,20). The average Bonchev–Trinajstić information content (AvgIpc) is 2.74. The Bertz CT molecular complexity index is 607. The van der Waals surface area contributed by atoms with E-state index in [4.69, 9.17) is 0 Å². The molecule has 2 rings (SSSR count). The minimum absolute atomic E-state index is 0.0212. The summed E-state index contributed by atoms with van der Waals surface area (Å²) in [6.07, 6.45) is -1.23. The number of carbonyl (C=O) groups is 1. The molecule has 0 fully saturated rings. The topological polar surface area (TPSA) is 46.9 Å². The first kappa shape index (κ1) is 14.6. The largest absolute Gasteiger partial charge is 0.416 e. The first-order valence-corrected chi connectivity index (χ1v) is 6.29. The molecule has 0 aliphatic carbocycles. The van der Waals surface area contributed by atoms with Crippen LogP contribution >= 0.6 is 15.9 Å². The lowest BCUT2D eigenvalue weighted by Crippen LogP contribution is -2.19. The highest BCUT2D eigenvalue weighted by Gasteiger charge is 2.29. The quantitative estimate of drug-likeness (QED) is 0.925. The molecule has 0 aliphatic heterocycles. The second-order valence-electron chi connectivity index (χ2n) is 3.98. The lowest BCUT2D eigenvalue weighted by Gasteiger charge is -2.08. The van der Waals surface area contributed by atoms with E-state index in [1.165, 1.54) is 23.0 Å². The second-order valence-corrected chi connectivity index (χ2v) is 4.90. The molecule has 0 aliphatic rings. The van der Waals surface area contributed by atoms with Crippen LogP contribution in [0.5, 0.6) is 0 Å². The van der Waals surface area contributed by atoms with E-state index in [0.717, 1.165) is 16.6 Å². The van der Waals surface area contributed by atoms with Crippen LogP contribution < -0.4 is 5.32 Å². The summed E-state index contributed by atoms with van der Waals surface area (Å²) >= 11 is 3.19. The van der Waals surface area contributed by atoms with Gasteiger partial charge in [-0.25, -0.2) is 0 Å². The number of anilines is 1. The van der Waals surface area contributed by atoms with Gasteiger partial charge in [-0.3, -0.25) is 9.48 Å². The van der Waals surface area contributed by atoms with Crippen molar-refractivity contribution in [2.24, 2.45) is 0 Å². The number of benzene rings is 1. The molecule has 0 atom stereocenters. The van der Waals surface area contributed by atoms with Crippen LogP contribution in [0, 0.1) is 0 Å². The van der Waals surface area contributed by atoms with E-state index in [9.17, 15) is 18.0 Å². The Balaban J connectivity index is 1.98. The Kier molecular flexibility index (Phi) is 4.12. The Hall–Kier alpha value is -1.83. The van der Waals surface area contributed by atoms with Gasteiger partial charge in [-0.1, -0.05) is 0 Å². The van der Waals surface area contributed by atoms with Gasteiger partial charge >= 0.3 is 6.18 Å². The molecule has 0 saturated carbocycles. The predicted molar refractivity (Wildman–Crippen MR) is 70.0 cm³/mol. The zero-order valence-electron chi connectivity index (χ0n) is 9.99. The van der Waals surface area contributed by atoms with Crippen molar-refractivity contribution in [2.45, 2.75) is 12.7 Å². The van der Waals surface area contributed by atoms with Crippen molar-refractivity contribution < 1.29 is 18.0 Å². The molecule has 0 radical (unpaired) electrons. The van der Waals surface area contributed by atoms with E-state index in [0.29, 0.717) is 5.69 Å². The van der Waals surface area contributed by atoms with E-state index >= 15 is 0 Å². The minimum Gasteiger partial charge on any atom is -0.324 e. The number of nitrogens with one attached hydrogen (secondary N) is 1. The summed E-state index contributed by atoms with van der Waals surface area (Å²) in [5.74, 6) is -0.375. The lowest BCUT2D eigenvalue weighted by molar-refractivity contribution is -0.137. The molecular weight excluding hydrogens is 339 g/mol. The van der Waals surface area contributed by atoms with Gasteiger partial charge in [0.15, 0.2) is 0 Å². The van der Waals surface area contributed by atoms with Crippen molar-refractivity contribution in [1.29, 1.82) is 0 Å². The number of hydrogen-bond acceptors (Lipinski definition) is 2. The van der Waals surface area contributed by atoms with E-state index in [1.807, 2.05) is 0 Å². The smallest absolute Gasteiger partial charge is 0.324 e. The van der Waals surface area contributed by atoms with Crippen molar-refractivity contribution in [3.63, 3.8) is 0 Å². The Labute approximate surface area is 120 Å². The molecule has 1 aromatic heterocycles. The van der Waals surface area contributed by atoms with Gasteiger partial charge in [0.2, 0.25) is 5.91 Å². The summed E-state index contributed by atoms with van der Waals surface area (Å²) in [4.78, 5) is 11.7. The molecule has 20 heavy (non-hydrogen) atoms. The zero-order chi connectivity index (χ0) is 14.8. The van der Waals surface area contributed by atoms with Crippen LogP contribution in [0.25, 0.3) is 0 Å².